The fourth-order valence-electron chi connectivity index (χ4n) is 1.35. The zero-order valence-corrected chi connectivity index (χ0v) is 9.01. The van der Waals surface area contributed by atoms with Crippen LogP contribution in [-0.2, 0) is 0 Å². The van der Waals surface area contributed by atoms with Crippen LogP contribution in [0.2, 0.25) is 0 Å². The molecule has 6 nitrogen and oxygen atoms in total. The third kappa shape index (κ3) is 2.63. The second kappa shape index (κ2) is 4.69. The van der Waals surface area contributed by atoms with Gasteiger partial charge in [-0.2, -0.15) is 5.21 Å². The van der Waals surface area contributed by atoms with Crippen molar-refractivity contribution in [1.29, 1.82) is 0 Å². The van der Waals surface area contributed by atoms with Crippen LogP contribution in [-0.4, -0.2) is 26.5 Å². The maximum absolute atomic E-state index is 12.7. The van der Waals surface area contributed by atoms with Crippen LogP contribution in [0.1, 0.15) is 29.1 Å². The minimum Gasteiger partial charge on any atom is -0.343 e. The van der Waals surface area contributed by atoms with E-state index in [2.05, 4.69) is 25.9 Å². The Morgan fingerprint density at radius 1 is 1.41 bits per heavy atom. The number of tetrazole rings is 1. The van der Waals surface area contributed by atoms with E-state index in [4.69, 9.17) is 0 Å². The van der Waals surface area contributed by atoms with Gasteiger partial charge in [-0.15, -0.1) is 10.2 Å². The molecule has 0 bridgehead atoms. The predicted molar refractivity (Wildman–Crippen MR) is 56.5 cm³/mol. The molecule has 0 spiro atoms. The number of aromatic amines is 1. The first-order valence-corrected chi connectivity index (χ1v) is 4.96. The van der Waals surface area contributed by atoms with Crippen molar-refractivity contribution in [1.82, 2.24) is 25.9 Å². The molecule has 1 aromatic carbocycles. The molecule has 1 atom stereocenters. The zero-order chi connectivity index (χ0) is 12.3. The molecule has 0 aliphatic rings. The smallest absolute Gasteiger partial charge is 0.293 e. The lowest BCUT2D eigenvalue weighted by Crippen LogP contribution is -2.27. The number of aromatic nitrogens is 4. The van der Waals surface area contributed by atoms with E-state index in [1.807, 2.05) is 0 Å². The molecule has 0 aliphatic carbocycles. The maximum Gasteiger partial charge on any atom is 0.293 e. The Balaban J connectivity index is 2.04. The van der Waals surface area contributed by atoms with Crippen LogP contribution in [0.15, 0.2) is 24.3 Å². The summed E-state index contributed by atoms with van der Waals surface area (Å²) in [5, 5.41) is 15.3. The summed E-state index contributed by atoms with van der Waals surface area (Å²) in [4.78, 5) is 11.6. The van der Waals surface area contributed by atoms with Crippen molar-refractivity contribution < 1.29 is 9.18 Å². The molecule has 1 aromatic heterocycles. The number of H-pyrrole nitrogens is 1. The van der Waals surface area contributed by atoms with Crippen LogP contribution in [0.5, 0.6) is 0 Å². The number of amides is 1. The van der Waals surface area contributed by atoms with Crippen molar-refractivity contribution >= 4 is 5.91 Å². The van der Waals surface area contributed by atoms with Crippen LogP contribution in [0, 0.1) is 5.82 Å². The number of halogens is 1. The highest BCUT2D eigenvalue weighted by atomic mass is 19.1. The summed E-state index contributed by atoms with van der Waals surface area (Å²) >= 11 is 0. The number of carbonyl (C=O) groups is 1. The topological polar surface area (TPSA) is 83.6 Å². The van der Waals surface area contributed by atoms with E-state index in [-0.39, 0.29) is 17.7 Å². The second-order valence-corrected chi connectivity index (χ2v) is 3.48. The first kappa shape index (κ1) is 11.2. The van der Waals surface area contributed by atoms with Crippen molar-refractivity contribution in [3.8, 4) is 0 Å². The zero-order valence-electron chi connectivity index (χ0n) is 9.01. The summed E-state index contributed by atoms with van der Waals surface area (Å²) in [6.45, 7) is 1.78. The van der Waals surface area contributed by atoms with Crippen LogP contribution in [0.4, 0.5) is 4.39 Å². The van der Waals surface area contributed by atoms with E-state index < -0.39 is 5.91 Å². The highest BCUT2D eigenvalue weighted by molar-refractivity contribution is 5.90. The molecular weight excluding hydrogens is 225 g/mol. The highest BCUT2D eigenvalue weighted by Crippen LogP contribution is 2.12. The summed E-state index contributed by atoms with van der Waals surface area (Å²) in [5.41, 5.74) is 0.795. The normalized spacial score (nSPS) is 12.1. The molecule has 88 valence electrons. The van der Waals surface area contributed by atoms with Crippen LogP contribution < -0.4 is 5.32 Å². The molecule has 17 heavy (non-hydrogen) atoms. The number of nitrogens with one attached hydrogen (secondary N) is 2. The molecule has 0 saturated heterocycles. The van der Waals surface area contributed by atoms with E-state index in [9.17, 15) is 9.18 Å². The summed E-state index contributed by atoms with van der Waals surface area (Å²) in [6, 6.07) is 5.63. The Morgan fingerprint density at radius 2 is 2.12 bits per heavy atom. The van der Waals surface area contributed by atoms with Crippen LogP contribution in [0.3, 0.4) is 0 Å². The van der Waals surface area contributed by atoms with Gasteiger partial charge in [-0.05, 0) is 29.8 Å². The molecule has 0 radical (unpaired) electrons. The van der Waals surface area contributed by atoms with E-state index in [0.29, 0.717) is 0 Å². The molecule has 1 unspecified atom stereocenters. The Labute approximate surface area is 96.2 Å². The van der Waals surface area contributed by atoms with E-state index in [1.54, 1.807) is 19.1 Å². The SMILES string of the molecule is CC(NC(=O)c1nn[nH]n1)c1ccc(F)cc1. The van der Waals surface area contributed by atoms with Crippen molar-refractivity contribution in [2.24, 2.45) is 0 Å². The fraction of sp³-hybridized carbons (Fsp3) is 0.200. The molecule has 1 amide bonds. The number of nitrogens with zero attached hydrogens (tertiary/aromatic N) is 3. The number of rotatable bonds is 3. The monoisotopic (exact) mass is 235 g/mol. The van der Waals surface area contributed by atoms with E-state index >= 15 is 0 Å². The minimum atomic E-state index is -0.435. The van der Waals surface area contributed by atoms with Gasteiger partial charge in [0.15, 0.2) is 0 Å². The number of benzene rings is 1. The van der Waals surface area contributed by atoms with Gasteiger partial charge in [0, 0.05) is 0 Å². The van der Waals surface area contributed by atoms with Crippen molar-refractivity contribution in [3.05, 3.63) is 41.5 Å². The molecule has 2 N–H and O–H groups in total. The Bertz CT molecular complexity index is 496. The summed E-state index contributed by atoms with van der Waals surface area (Å²) < 4.78 is 12.7. The molecule has 2 aromatic rings. The van der Waals surface area contributed by atoms with E-state index in [0.717, 1.165) is 5.56 Å². The molecule has 1 heterocycles. The molecule has 0 saturated carbocycles. The van der Waals surface area contributed by atoms with Gasteiger partial charge in [0.1, 0.15) is 5.82 Å². The summed E-state index contributed by atoms with van der Waals surface area (Å²) in [6.07, 6.45) is 0. The van der Waals surface area contributed by atoms with Gasteiger partial charge in [-0.1, -0.05) is 12.1 Å². The third-order valence-electron chi connectivity index (χ3n) is 2.27. The van der Waals surface area contributed by atoms with Gasteiger partial charge in [0.25, 0.3) is 11.7 Å². The molecule has 2 rings (SSSR count). The second-order valence-electron chi connectivity index (χ2n) is 3.48. The van der Waals surface area contributed by atoms with Gasteiger partial charge in [0.05, 0.1) is 6.04 Å². The van der Waals surface area contributed by atoms with Gasteiger partial charge >= 0.3 is 0 Å². The van der Waals surface area contributed by atoms with Crippen molar-refractivity contribution in [2.45, 2.75) is 13.0 Å². The summed E-state index contributed by atoms with van der Waals surface area (Å²) in [5.74, 6) is -0.778. The van der Waals surface area contributed by atoms with Crippen LogP contribution >= 0.6 is 0 Å². The average Bonchev–Trinajstić information content (AvgIpc) is 2.83. The van der Waals surface area contributed by atoms with E-state index in [1.165, 1.54) is 12.1 Å². The number of hydrogen-bond acceptors (Lipinski definition) is 4. The standard InChI is InChI=1S/C10H10FN5O/c1-6(7-2-4-8(11)5-3-7)12-10(17)9-13-15-16-14-9/h2-6H,1H3,(H,12,17)(H,13,14,15,16). The van der Waals surface area contributed by atoms with Gasteiger partial charge in [-0.25, -0.2) is 4.39 Å². The molecule has 0 fully saturated rings. The van der Waals surface area contributed by atoms with Crippen LogP contribution in [0.25, 0.3) is 0 Å². The van der Waals surface area contributed by atoms with Crippen molar-refractivity contribution in [2.75, 3.05) is 0 Å². The first-order chi connectivity index (χ1) is 8.16. The van der Waals surface area contributed by atoms with Crippen molar-refractivity contribution in [3.63, 3.8) is 0 Å². The lowest BCUT2D eigenvalue weighted by molar-refractivity contribution is 0.0929. The highest BCUT2D eigenvalue weighted by Gasteiger charge is 2.14. The Hall–Kier alpha value is -2.31. The molecule has 7 heteroatoms. The average molecular weight is 235 g/mol. The third-order valence-corrected chi connectivity index (χ3v) is 2.27. The largest absolute Gasteiger partial charge is 0.343 e. The molecule has 0 aliphatic heterocycles. The Kier molecular flexibility index (Phi) is 3.08. The number of carbonyl (C=O) groups excluding carboxylic acids is 1. The lowest BCUT2D eigenvalue weighted by Gasteiger charge is -2.12. The maximum atomic E-state index is 12.7. The summed E-state index contributed by atoms with van der Waals surface area (Å²) in [7, 11) is 0. The van der Waals surface area contributed by atoms with Gasteiger partial charge in [-0.3, -0.25) is 4.79 Å². The fourth-order valence-corrected chi connectivity index (χ4v) is 1.35. The minimum absolute atomic E-state index is 0.0287. The number of hydrogen-bond donors (Lipinski definition) is 2. The first-order valence-electron chi connectivity index (χ1n) is 4.96. The van der Waals surface area contributed by atoms with Gasteiger partial charge < -0.3 is 5.32 Å². The van der Waals surface area contributed by atoms with Gasteiger partial charge in [0.2, 0.25) is 0 Å². The predicted octanol–water partition coefficient (Wildman–Crippen LogP) is 0.830. The lowest BCUT2D eigenvalue weighted by atomic mass is 10.1. The quantitative estimate of drug-likeness (QED) is 0.825. The Morgan fingerprint density at radius 3 is 2.71 bits per heavy atom. The molecular formula is C10H10FN5O.